The van der Waals surface area contributed by atoms with E-state index in [0.29, 0.717) is 6.42 Å². The van der Waals surface area contributed by atoms with Gasteiger partial charge in [0.2, 0.25) is 11.8 Å². The van der Waals surface area contributed by atoms with Crippen LogP contribution in [0.3, 0.4) is 0 Å². The number of amides is 2. The Morgan fingerprint density at radius 1 is 1.12 bits per heavy atom. The summed E-state index contributed by atoms with van der Waals surface area (Å²) in [6.07, 6.45) is 3.97. The van der Waals surface area contributed by atoms with Crippen molar-refractivity contribution in [3.63, 3.8) is 0 Å². The number of aliphatic carboxylic acids is 1. The Kier molecular flexibility index (Phi) is 8.44. The predicted molar refractivity (Wildman–Crippen MR) is 130 cm³/mol. The summed E-state index contributed by atoms with van der Waals surface area (Å²) in [5, 5.41) is 18.9. The smallest absolute Gasteiger partial charge is 0.331 e. The summed E-state index contributed by atoms with van der Waals surface area (Å²) in [6, 6.07) is 6.21. The van der Waals surface area contributed by atoms with E-state index >= 15 is 0 Å². The van der Waals surface area contributed by atoms with Crippen LogP contribution in [0.4, 0.5) is 0 Å². The minimum absolute atomic E-state index is 0.143. The number of fused-ring (bicyclic) bond motifs is 1. The molecule has 8 heteroatoms. The van der Waals surface area contributed by atoms with E-state index in [0.717, 1.165) is 16.5 Å². The average molecular weight is 457 g/mol. The molecule has 0 aliphatic heterocycles. The van der Waals surface area contributed by atoms with Crippen molar-refractivity contribution in [2.75, 3.05) is 7.05 Å². The number of benzene rings is 1. The van der Waals surface area contributed by atoms with Crippen molar-refractivity contribution in [3.05, 3.63) is 47.7 Å². The molecule has 1 heterocycles. The molecule has 0 unspecified atom stereocenters. The second-order valence-electron chi connectivity index (χ2n) is 9.59. The zero-order chi connectivity index (χ0) is 24.9. The summed E-state index contributed by atoms with van der Waals surface area (Å²) in [5.74, 6) is -1.68. The molecule has 180 valence electrons. The predicted octanol–water partition coefficient (Wildman–Crippen LogP) is 2.38. The van der Waals surface area contributed by atoms with E-state index in [2.05, 4.69) is 16.0 Å². The summed E-state index contributed by atoms with van der Waals surface area (Å²) in [4.78, 5) is 37.2. The minimum Gasteiger partial charge on any atom is -0.478 e. The van der Waals surface area contributed by atoms with Crippen LogP contribution >= 0.6 is 0 Å². The van der Waals surface area contributed by atoms with Gasteiger partial charge in [0.05, 0.1) is 6.04 Å². The van der Waals surface area contributed by atoms with E-state index in [9.17, 15) is 14.4 Å². The SMILES string of the molecule is CN[C@@H](Cc1cn(C)c2ccccc12)C(=O)N[C@H](C(=O)N[C@H](C)C=C(C)C(=O)O)C(C)(C)C. The van der Waals surface area contributed by atoms with Gasteiger partial charge in [0, 0.05) is 35.8 Å². The lowest BCUT2D eigenvalue weighted by Gasteiger charge is -2.32. The van der Waals surface area contributed by atoms with Gasteiger partial charge in [-0.2, -0.15) is 0 Å². The summed E-state index contributed by atoms with van der Waals surface area (Å²) < 4.78 is 2.04. The van der Waals surface area contributed by atoms with Crippen LogP contribution in [0.15, 0.2) is 42.1 Å². The number of hydrogen-bond donors (Lipinski definition) is 4. The van der Waals surface area contributed by atoms with Crippen molar-refractivity contribution < 1.29 is 19.5 Å². The molecule has 4 N–H and O–H groups in total. The largest absolute Gasteiger partial charge is 0.478 e. The molecule has 33 heavy (non-hydrogen) atoms. The number of aryl methyl sites for hydroxylation is 1. The molecule has 2 amide bonds. The van der Waals surface area contributed by atoms with Crippen molar-refractivity contribution >= 4 is 28.7 Å². The second-order valence-corrected chi connectivity index (χ2v) is 9.59. The lowest BCUT2D eigenvalue weighted by atomic mass is 9.85. The molecule has 0 radical (unpaired) electrons. The number of hydrogen-bond acceptors (Lipinski definition) is 4. The highest BCUT2D eigenvalue weighted by Gasteiger charge is 2.35. The number of carboxylic acids is 1. The molecule has 1 aromatic heterocycles. The van der Waals surface area contributed by atoms with Crippen LogP contribution < -0.4 is 16.0 Å². The molecule has 0 spiro atoms. The fourth-order valence-electron chi connectivity index (χ4n) is 3.85. The van der Waals surface area contributed by atoms with Crippen LogP contribution in [0.25, 0.3) is 10.9 Å². The van der Waals surface area contributed by atoms with Gasteiger partial charge in [0.25, 0.3) is 0 Å². The minimum atomic E-state index is -1.04. The van der Waals surface area contributed by atoms with Gasteiger partial charge < -0.3 is 25.6 Å². The molecule has 0 fully saturated rings. The van der Waals surface area contributed by atoms with E-state index in [1.807, 2.05) is 62.8 Å². The molecule has 0 saturated heterocycles. The lowest BCUT2D eigenvalue weighted by Crippen LogP contribution is -2.58. The third-order valence-corrected chi connectivity index (χ3v) is 5.69. The number of carbonyl (C=O) groups excluding carboxylic acids is 2. The van der Waals surface area contributed by atoms with Crippen LogP contribution in [0.1, 0.15) is 40.2 Å². The number of para-hydroxylation sites is 1. The van der Waals surface area contributed by atoms with Gasteiger partial charge in [0.1, 0.15) is 6.04 Å². The zero-order valence-electron chi connectivity index (χ0n) is 20.5. The van der Waals surface area contributed by atoms with Crippen molar-refractivity contribution in [3.8, 4) is 0 Å². The van der Waals surface area contributed by atoms with E-state index in [-0.39, 0.29) is 17.4 Å². The molecule has 1 aromatic carbocycles. The number of nitrogens with zero attached hydrogens (tertiary/aromatic N) is 1. The molecular weight excluding hydrogens is 420 g/mol. The molecule has 2 aromatic rings. The van der Waals surface area contributed by atoms with Gasteiger partial charge >= 0.3 is 5.97 Å². The molecule has 0 saturated carbocycles. The number of carboxylic acid groups (broad SMARTS) is 1. The van der Waals surface area contributed by atoms with Crippen molar-refractivity contribution in [2.45, 2.75) is 59.2 Å². The Morgan fingerprint density at radius 2 is 1.76 bits per heavy atom. The molecule has 8 nitrogen and oxygen atoms in total. The van der Waals surface area contributed by atoms with Gasteiger partial charge in [-0.1, -0.05) is 45.0 Å². The number of likely N-dealkylation sites (N-methyl/N-ethyl adjacent to an activating group) is 1. The van der Waals surface area contributed by atoms with Gasteiger partial charge in [-0.05, 0) is 44.4 Å². The fourth-order valence-corrected chi connectivity index (χ4v) is 3.85. The van der Waals surface area contributed by atoms with Crippen LogP contribution in [0.5, 0.6) is 0 Å². The Morgan fingerprint density at radius 3 is 2.33 bits per heavy atom. The summed E-state index contributed by atoms with van der Waals surface area (Å²) >= 11 is 0. The molecule has 0 aliphatic carbocycles. The standard InChI is InChI=1S/C25H36N4O4/c1-15(24(32)33)12-16(2)27-23(31)21(25(3,4)5)28-22(30)19(26-6)13-17-14-29(7)20-11-9-8-10-18(17)20/h8-12,14,16,19,21,26H,13H2,1-7H3,(H,27,31)(H,28,30)(H,32,33)/t16-,19+,21-/m1/s1. The van der Waals surface area contributed by atoms with E-state index in [1.165, 1.54) is 13.0 Å². The molecule has 0 bridgehead atoms. The van der Waals surface area contributed by atoms with Crippen molar-refractivity contribution in [2.24, 2.45) is 12.5 Å². The highest BCUT2D eigenvalue weighted by molar-refractivity contribution is 5.92. The van der Waals surface area contributed by atoms with Crippen molar-refractivity contribution in [1.82, 2.24) is 20.5 Å². The van der Waals surface area contributed by atoms with Crippen LogP contribution in [-0.4, -0.2) is 52.6 Å². The third-order valence-electron chi connectivity index (χ3n) is 5.69. The molecule has 3 atom stereocenters. The van der Waals surface area contributed by atoms with Gasteiger partial charge in [-0.3, -0.25) is 9.59 Å². The van der Waals surface area contributed by atoms with E-state index in [1.54, 1.807) is 14.0 Å². The van der Waals surface area contributed by atoms with Gasteiger partial charge in [-0.25, -0.2) is 4.79 Å². The first-order valence-corrected chi connectivity index (χ1v) is 11.1. The van der Waals surface area contributed by atoms with Crippen LogP contribution in [0, 0.1) is 5.41 Å². The Bertz CT molecular complexity index is 1050. The number of nitrogens with one attached hydrogen (secondary N) is 3. The highest BCUT2D eigenvalue weighted by Crippen LogP contribution is 2.23. The van der Waals surface area contributed by atoms with Crippen LogP contribution in [-0.2, 0) is 27.9 Å². The number of carbonyl (C=O) groups is 3. The van der Waals surface area contributed by atoms with E-state index in [4.69, 9.17) is 5.11 Å². The summed E-state index contributed by atoms with van der Waals surface area (Å²) in [6.45, 7) is 8.79. The Labute approximate surface area is 195 Å². The highest BCUT2D eigenvalue weighted by atomic mass is 16.4. The maximum absolute atomic E-state index is 13.2. The summed E-state index contributed by atoms with van der Waals surface area (Å²) in [7, 11) is 3.70. The average Bonchev–Trinajstić information content (AvgIpc) is 3.04. The monoisotopic (exact) mass is 456 g/mol. The third kappa shape index (κ3) is 6.68. The summed E-state index contributed by atoms with van der Waals surface area (Å²) in [5.41, 5.74) is 1.73. The first-order valence-electron chi connectivity index (χ1n) is 11.1. The second kappa shape index (κ2) is 10.7. The van der Waals surface area contributed by atoms with Gasteiger partial charge in [-0.15, -0.1) is 0 Å². The van der Waals surface area contributed by atoms with E-state index < -0.39 is 29.5 Å². The molecular formula is C25H36N4O4. The first kappa shape index (κ1) is 26.1. The lowest BCUT2D eigenvalue weighted by molar-refractivity contribution is -0.133. The zero-order valence-corrected chi connectivity index (χ0v) is 20.5. The number of aromatic nitrogens is 1. The topological polar surface area (TPSA) is 112 Å². The fraction of sp³-hybridized carbons (Fsp3) is 0.480. The molecule has 0 aliphatic rings. The number of rotatable bonds is 9. The van der Waals surface area contributed by atoms with Gasteiger partial charge in [0.15, 0.2) is 0 Å². The van der Waals surface area contributed by atoms with Crippen molar-refractivity contribution in [1.29, 1.82) is 0 Å². The Hall–Kier alpha value is -3.13. The van der Waals surface area contributed by atoms with Crippen LogP contribution in [0.2, 0.25) is 0 Å². The Balaban J connectivity index is 2.18. The first-order chi connectivity index (χ1) is 15.3. The molecule has 2 rings (SSSR count). The maximum atomic E-state index is 13.2. The maximum Gasteiger partial charge on any atom is 0.331 e. The quantitative estimate of drug-likeness (QED) is 0.433. The normalized spacial score (nSPS) is 15.1.